The summed E-state index contributed by atoms with van der Waals surface area (Å²) < 4.78 is 0. The molecule has 14 heavy (non-hydrogen) atoms. The second-order valence-electron chi connectivity index (χ2n) is 2.68. The smallest absolute Gasteiger partial charge is 0.314 e. The molecule has 0 saturated heterocycles. The molecule has 74 valence electrons. The Bertz CT molecular complexity index is 467. The summed E-state index contributed by atoms with van der Waals surface area (Å²) in [4.78, 5) is 37.0. The van der Waals surface area contributed by atoms with E-state index < -0.39 is 11.2 Å². The van der Waals surface area contributed by atoms with Gasteiger partial charge in [-0.05, 0) is 12.2 Å². The van der Waals surface area contributed by atoms with Gasteiger partial charge in [-0.15, -0.1) is 0 Å². The lowest BCUT2D eigenvalue weighted by Crippen LogP contribution is -2.22. The number of aromatic amines is 2. The van der Waals surface area contributed by atoms with Crippen molar-refractivity contribution in [2.45, 2.75) is 13.3 Å². The van der Waals surface area contributed by atoms with Crippen LogP contribution in [-0.4, -0.2) is 15.8 Å². The fraction of sp³-hybridized carbons (Fsp3) is 0.222. The van der Waals surface area contributed by atoms with Gasteiger partial charge in [-0.1, -0.05) is 6.92 Å². The van der Waals surface area contributed by atoms with Crippen LogP contribution >= 0.6 is 0 Å². The summed E-state index contributed by atoms with van der Waals surface area (Å²) in [5.74, 6) is -0.0735. The highest BCUT2D eigenvalue weighted by molar-refractivity contribution is 5.93. The maximum Gasteiger partial charge on any atom is 0.325 e. The average molecular weight is 194 g/mol. The molecule has 1 aromatic rings. The van der Waals surface area contributed by atoms with Gasteiger partial charge < -0.3 is 4.98 Å². The molecule has 0 aromatic carbocycles. The summed E-state index contributed by atoms with van der Waals surface area (Å²) in [6, 6.07) is 0. The predicted octanol–water partition coefficient (Wildman–Crippen LogP) is 0.0555. The van der Waals surface area contributed by atoms with E-state index in [1.54, 1.807) is 6.92 Å². The number of ketones is 1. The fourth-order valence-corrected chi connectivity index (χ4v) is 0.845. The molecule has 0 radical (unpaired) electrons. The first-order chi connectivity index (χ1) is 6.63. The number of hydrogen-bond acceptors (Lipinski definition) is 3. The maximum absolute atomic E-state index is 11.1. The molecule has 1 aromatic heterocycles. The van der Waals surface area contributed by atoms with E-state index in [2.05, 4.69) is 9.97 Å². The van der Waals surface area contributed by atoms with Gasteiger partial charge in [0.2, 0.25) is 0 Å². The third kappa shape index (κ3) is 2.55. The minimum atomic E-state index is -0.561. The summed E-state index contributed by atoms with van der Waals surface area (Å²) in [6.07, 6.45) is 4.34. The normalized spacial score (nSPS) is 10.6. The van der Waals surface area contributed by atoms with E-state index >= 15 is 0 Å². The topological polar surface area (TPSA) is 82.8 Å². The van der Waals surface area contributed by atoms with Gasteiger partial charge in [0.25, 0.3) is 5.56 Å². The Labute approximate surface area is 79.5 Å². The van der Waals surface area contributed by atoms with Gasteiger partial charge in [0.15, 0.2) is 5.78 Å². The monoisotopic (exact) mass is 194 g/mol. The fourth-order valence-electron chi connectivity index (χ4n) is 0.845. The molecule has 2 N–H and O–H groups in total. The zero-order chi connectivity index (χ0) is 10.6. The van der Waals surface area contributed by atoms with Crippen LogP contribution in [0.15, 0.2) is 21.9 Å². The molecule has 0 aliphatic carbocycles. The minimum Gasteiger partial charge on any atom is -0.314 e. The van der Waals surface area contributed by atoms with Gasteiger partial charge in [0, 0.05) is 12.6 Å². The predicted molar refractivity (Wildman–Crippen MR) is 52.0 cm³/mol. The number of nitrogens with one attached hydrogen (secondary N) is 2. The van der Waals surface area contributed by atoms with Crippen LogP contribution in [0.25, 0.3) is 6.08 Å². The first-order valence-corrected chi connectivity index (χ1v) is 4.16. The molecule has 0 spiro atoms. The molecule has 0 amide bonds. The molecule has 5 nitrogen and oxygen atoms in total. The van der Waals surface area contributed by atoms with Gasteiger partial charge in [0.05, 0.1) is 5.56 Å². The summed E-state index contributed by atoms with van der Waals surface area (Å²) in [6.45, 7) is 1.73. The Morgan fingerprint density at radius 1 is 1.50 bits per heavy atom. The highest BCUT2D eigenvalue weighted by Gasteiger charge is 1.96. The molecule has 0 aliphatic heterocycles. The number of rotatable bonds is 3. The van der Waals surface area contributed by atoms with Gasteiger partial charge in [-0.2, -0.15) is 0 Å². The first-order valence-electron chi connectivity index (χ1n) is 4.16. The summed E-state index contributed by atoms with van der Waals surface area (Å²) >= 11 is 0. The molecule has 1 rings (SSSR count). The van der Waals surface area contributed by atoms with Crippen LogP contribution in [0.4, 0.5) is 0 Å². The lowest BCUT2D eigenvalue weighted by molar-refractivity contribution is -0.114. The van der Waals surface area contributed by atoms with E-state index in [4.69, 9.17) is 0 Å². The number of carbonyl (C=O) groups excluding carboxylic acids is 1. The number of H-pyrrole nitrogens is 2. The van der Waals surface area contributed by atoms with Crippen LogP contribution in [-0.2, 0) is 4.79 Å². The van der Waals surface area contributed by atoms with Crippen molar-refractivity contribution in [3.8, 4) is 0 Å². The van der Waals surface area contributed by atoms with Gasteiger partial charge in [-0.3, -0.25) is 14.6 Å². The van der Waals surface area contributed by atoms with E-state index in [0.29, 0.717) is 6.42 Å². The number of aromatic nitrogens is 2. The quantitative estimate of drug-likeness (QED) is 0.667. The van der Waals surface area contributed by atoms with Crippen molar-refractivity contribution in [3.05, 3.63) is 38.7 Å². The van der Waals surface area contributed by atoms with Crippen LogP contribution in [0.5, 0.6) is 0 Å². The lowest BCUT2D eigenvalue weighted by Gasteiger charge is -1.89. The zero-order valence-corrected chi connectivity index (χ0v) is 7.66. The average Bonchev–Trinajstić information content (AvgIpc) is 2.16. The highest BCUT2D eigenvalue weighted by Crippen LogP contribution is 1.91. The Hall–Kier alpha value is -1.91. The van der Waals surface area contributed by atoms with Crippen LogP contribution in [0.1, 0.15) is 18.9 Å². The molecular formula is C9H10N2O3. The van der Waals surface area contributed by atoms with E-state index in [1.807, 2.05) is 0 Å². The molecule has 1 heterocycles. The second kappa shape index (κ2) is 4.36. The maximum atomic E-state index is 11.1. The van der Waals surface area contributed by atoms with Crippen LogP contribution in [0.2, 0.25) is 0 Å². The minimum absolute atomic E-state index is 0.0735. The van der Waals surface area contributed by atoms with Crippen molar-refractivity contribution >= 4 is 11.9 Å². The Morgan fingerprint density at radius 3 is 2.79 bits per heavy atom. The molecule has 0 saturated carbocycles. The van der Waals surface area contributed by atoms with Crippen LogP contribution in [0, 0.1) is 0 Å². The van der Waals surface area contributed by atoms with Crippen LogP contribution < -0.4 is 11.2 Å². The second-order valence-corrected chi connectivity index (χ2v) is 2.68. The molecule has 5 heteroatoms. The summed E-state index contributed by atoms with van der Waals surface area (Å²) in [7, 11) is 0. The number of carbonyl (C=O) groups is 1. The van der Waals surface area contributed by atoms with Crippen molar-refractivity contribution in [1.29, 1.82) is 0 Å². The molecule has 0 aliphatic rings. The molecule has 0 unspecified atom stereocenters. The largest absolute Gasteiger partial charge is 0.325 e. The zero-order valence-electron chi connectivity index (χ0n) is 7.66. The van der Waals surface area contributed by atoms with E-state index in [1.165, 1.54) is 18.3 Å². The van der Waals surface area contributed by atoms with Crippen molar-refractivity contribution in [2.75, 3.05) is 0 Å². The van der Waals surface area contributed by atoms with Gasteiger partial charge >= 0.3 is 5.69 Å². The van der Waals surface area contributed by atoms with Crippen molar-refractivity contribution in [1.82, 2.24) is 9.97 Å². The number of hydrogen-bond donors (Lipinski definition) is 2. The van der Waals surface area contributed by atoms with E-state index in [-0.39, 0.29) is 11.3 Å². The third-order valence-corrected chi connectivity index (χ3v) is 1.65. The molecule has 0 bridgehead atoms. The van der Waals surface area contributed by atoms with E-state index in [9.17, 15) is 14.4 Å². The van der Waals surface area contributed by atoms with Crippen molar-refractivity contribution in [2.24, 2.45) is 0 Å². The SMILES string of the molecule is CCC(=O)/C=C/c1c[nH]c(=O)[nH]c1=O. The molecule has 0 atom stereocenters. The third-order valence-electron chi connectivity index (χ3n) is 1.65. The Morgan fingerprint density at radius 2 is 2.21 bits per heavy atom. The molecular weight excluding hydrogens is 184 g/mol. The molecule has 0 fully saturated rings. The Balaban J connectivity index is 2.99. The van der Waals surface area contributed by atoms with Gasteiger partial charge in [0.1, 0.15) is 0 Å². The van der Waals surface area contributed by atoms with Crippen molar-refractivity contribution in [3.63, 3.8) is 0 Å². The lowest BCUT2D eigenvalue weighted by atomic mass is 10.2. The first kappa shape index (κ1) is 10.2. The van der Waals surface area contributed by atoms with E-state index in [0.717, 1.165) is 0 Å². The standard InChI is InChI=1S/C9H10N2O3/c1-2-7(12)4-3-6-5-10-9(14)11-8(6)13/h3-5H,2H2,1H3,(H2,10,11,13,14)/b4-3+. The highest BCUT2D eigenvalue weighted by atomic mass is 16.2. The summed E-state index contributed by atoms with van der Waals surface area (Å²) in [5.41, 5.74) is -0.811. The summed E-state index contributed by atoms with van der Waals surface area (Å²) in [5, 5.41) is 0. The van der Waals surface area contributed by atoms with Crippen molar-refractivity contribution < 1.29 is 4.79 Å². The van der Waals surface area contributed by atoms with Gasteiger partial charge in [-0.25, -0.2) is 4.79 Å². The Kier molecular flexibility index (Phi) is 3.17. The van der Waals surface area contributed by atoms with Crippen LogP contribution in [0.3, 0.4) is 0 Å². The number of allylic oxidation sites excluding steroid dienone is 1.